The van der Waals surface area contributed by atoms with Gasteiger partial charge in [0.2, 0.25) is 0 Å². The number of rotatable bonds is 7. The number of aliphatic carboxylic acids is 1. The monoisotopic (exact) mass is 539 g/mol. The van der Waals surface area contributed by atoms with Crippen molar-refractivity contribution >= 4 is 46.1 Å². The van der Waals surface area contributed by atoms with Crippen molar-refractivity contribution in [1.29, 1.82) is 0 Å². The van der Waals surface area contributed by atoms with E-state index in [1.165, 1.54) is 23.1 Å². The number of anilines is 1. The Balaban J connectivity index is 1.51. The minimum Gasteiger partial charge on any atom is -0.478 e. The molecule has 1 aromatic heterocycles. The van der Waals surface area contributed by atoms with Gasteiger partial charge >= 0.3 is 5.97 Å². The summed E-state index contributed by atoms with van der Waals surface area (Å²) >= 11 is 6.73. The predicted octanol–water partition coefficient (Wildman–Crippen LogP) is 6.98. The van der Waals surface area contributed by atoms with Gasteiger partial charge in [0.1, 0.15) is 5.82 Å². The Kier molecular flexibility index (Phi) is 7.25. The summed E-state index contributed by atoms with van der Waals surface area (Å²) in [7, 11) is 1.89. The Morgan fingerprint density at radius 1 is 1.00 bits per heavy atom. The van der Waals surface area contributed by atoms with Crippen molar-refractivity contribution < 1.29 is 19.1 Å². The first kappa shape index (κ1) is 25.9. The van der Waals surface area contributed by atoms with Gasteiger partial charge in [0.05, 0.1) is 18.3 Å². The highest BCUT2D eigenvalue weighted by atomic mass is 35.5. The quantitative estimate of drug-likeness (QED) is 0.226. The zero-order chi connectivity index (χ0) is 27.5. The van der Waals surface area contributed by atoms with E-state index in [-0.39, 0.29) is 18.1 Å². The number of aromatic nitrogens is 2. The van der Waals surface area contributed by atoms with Crippen molar-refractivity contribution in [2.45, 2.75) is 6.54 Å². The van der Waals surface area contributed by atoms with E-state index in [1.807, 2.05) is 48.1 Å². The fourth-order valence-corrected chi connectivity index (χ4v) is 4.64. The molecule has 1 amide bonds. The largest absolute Gasteiger partial charge is 0.478 e. The van der Waals surface area contributed by atoms with Crippen molar-refractivity contribution in [2.24, 2.45) is 7.05 Å². The van der Waals surface area contributed by atoms with Gasteiger partial charge in [-0.2, -0.15) is 5.10 Å². The number of hydrogen-bond donors (Lipinski definition) is 1. The normalized spacial score (nSPS) is 11.3. The summed E-state index contributed by atoms with van der Waals surface area (Å²) in [6.45, 7) is 0.0695. The average Bonchev–Trinajstić information content (AvgIpc) is 3.31. The second kappa shape index (κ2) is 10.9. The number of carbonyl (C=O) groups is 2. The highest BCUT2D eigenvalue weighted by Crippen LogP contribution is 2.31. The fourth-order valence-electron chi connectivity index (χ4n) is 4.40. The van der Waals surface area contributed by atoms with Crippen LogP contribution in [0.1, 0.15) is 21.5 Å². The first-order chi connectivity index (χ1) is 18.8. The topological polar surface area (TPSA) is 75.4 Å². The molecule has 8 heteroatoms. The van der Waals surface area contributed by atoms with Crippen LogP contribution in [0.5, 0.6) is 0 Å². The summed E-state index contributed by atoms with van der Waals surface area (Å²) in [5, 5.41) is 14.7. The van der Waals surface area contributed by atoms with Crippen LogP contribution in [0.2, 0.25) is 5.02 Å². The number of carbonyl (C=O) groups excluding carboxylic acids is 1. The molecule has 0 aliphatic rings. The minimum absolute atomic E-state index is 0.0695. The molecule has 0 radical (unpaired) electrons. The molecule has 194 valence electrons. The summed E-state index contributed by atoms with van der Waals surface area (Å²) in [4.78, 5) is 26.0. The van der Waals surface area contributed by atoms with E-state index in [0.717, 1.165) is 28.1 Å². The highest BCUT2D eigenvalue weighted by Gasteiger charge is 2.21. The SMILES string of the molecule is Cn1ncc2cc(-c3ccc(CN(C(=O)c4ccccc4)c4cc(F)cc(C=CC(=O)O)c4)c(Cl)c3)ccc21. The molecule has 39 heavy (non-hydrogen) atoms. The lowest BCUT2D eigenvalue weighted by molar-refractivity contribution is -0.131. The zero-order valence-electron chi connectivity index (χ0n) is 20.9. The number of aryl methyl sites for hydroxylation is 1. The first-order valence-electron chi connectivity index (χ1n) is 12.1. The van der Waals surface area contributed by atoms with Crippen LogP contribution in [0.25, 0.3) is 28.1 Å². The molecule has 5 rings (SSSR count). The molecule has 1 N–H and O–H groups in total. The molecule has 1 heterocycles. The van der Waals surface area contributed by atoms with Gasteiger partial charge in [-0.1, -0.05) is 48.0 Å². The van der Waals surface area contributed by atoms with Crippen molar-refractivity contribution in [3.63, 3.8) is 0 Å². The molecule has 4 aromatic carbocycles. The molecule has 0 bridgehead atoms. The molecule has 0 aliphatic heterocycles. The predicted molar refractivity (Wildman–Crippen MR) is 151 cm³/mol. The molecular weight excluding hydrogens is 517 g/mol. The standard InChI is InChI=1S/C31H23ClFN3O3/c1-35-29-11-10-22(15-25(29)18-34-35)23-8-9-24(28(32)16-23)19-36(31(39)21-5-3-2-4-6-21)27-14-20(7-12-30(37)38)13-26(33)17-27/h2-18H,19H2,1H3,(H,37,38). The third-order valence-electron chi connectivity index (χ3n) is 6.36. The zero-order valence-corrected chi connectivity index (χ0v) is 21.6. The fraction of sp³-hybridized carbons (Fsp3) is 0.0645. The van der Waals surface area contributed by atoms with Crippen LogP contribution in [-0.4, -0.2) is 26.8 Å². The van der Waals surface area contributed by atoms with E-state index in [4.69, 9.17) is 16.7 Å². The van der Waals surface area contributed by atoms with Crippen LogP contribution < -0.4 is 4.90 Å². The van der Waals surface area contributed by atoms with Crippen molar-refractivity contribution in [1.82, 2.24) is 9.78 Å². The lowest BCUT2D eigenvalue weighted by atomic mass is 10.0. The second-order valence-electron chi connectivity index (χ2n) is 9.02. The van der Waals surface area contributed by atoms with Gasteiger partial charge in [0.25, 0.3) is 5.91 Å². The molecule has 0 fully saturated rings. The Bertz CT molecular complexity index is 1730. The molecule has 0 saturated heterocycles. The van der Waals surface area contributed by atoms with Crippen molar-refractivity contribution in [3.05, 3.63) is 125 Å². The van der Waals surface area contributed by atoms with Crippen molar-refractivity contribution in [2.75, 3.05) is 4.90 Å². The Hall–Kier alpha value is -4.75. The summed E-state index contributed by atoms with van der Waals surface area (Å²) in [6, 6.07) is 24.3. The van der Waals surface area contributed by atoms with E-state index < -0.39 is 11.8 Å². The highest BCUT2D eigenvalue weighted by molar-refractivity contribution is 6.31. The maximum atomic E-state index is 14.6. The molecule has 0 atom stereocenters. The van der Waals surface area contributed by atoms with E-state index in [2.05, 4.69) is 5.10 Å². The first-order valence-corrected chi connectivity index (χ1v) is 12.5. The summed E-state index contributed by atoms with van der Waals surface area (Å²) in [6.07, 6.45) is 4.00. The van der Waals surface area contributed by atoms with Crippen LogP contribution in [-0.2, 0) is 18.4 Å². The van der Waals surface area contributed by atoms with Crippen LogP contribution in [0.3, 0.4) is 0 Å². The van der Waals surface area contributed by atoms with Crippen LogP contribution >= 0.6 is 11.6 Å². The molecular formula is C31H23ClFN3O3. The lowest BCUT2D eigenvalue weighted by Gasteiger charge is -2.24. The molecule has 6 nitrogen and oxygen atoms in total. The Morgan fingerprint density at radius 3 is 2.49 bits per heavy atom. The molecule has 5 aromatic rings. The number of benzene rings is 4. The second-order valence-corrected chi connectivity index (χ2v) is 9.43. The number of nitrogens with zero attached hydrogens (tertiary/aromatic N) is 3. The molecule has 0 unspecified atom stereocenters. The lowest BCUT2D eigenvalue weighted by Crippen LogP contribution is -2.30. The minimum atomic E-state index is -1.16. The molecule has 0 aliphatic carbocycles. The van der Waals surface area contributed by atoms with E-state index in [1.54, 1.807) is 42.6 Å². The Labute approximate surface area is 229 Å². The average molecular weight is 540 g/mol. The number of halogens is 2. The maximum absolute atomic E-state index is 14.6. The van der Waals surface area contributed by atoms with Gasteiger partial charge in [-0.05, 0) is 76.9 Å². The Morgan fingerprint density at radius 2 is 1.74 bits per heavy atom. The van der Waals surface area contributed by atoms with E-state index in [0.29, 0.717) is 21.7 Å². The number of hydrogen-bond acceptors (Lipinski definition) is 3. The molecule has 0 saturated carbocycles. The van der Waals surface area contributed by atoms with E-state index >= 15 is 0 Å². The smallest absolute Gasteiger partial charge is 0.328 e. The maximum Gasteiger partial charge on any atom is 0.328 e. The van der Waals surface area contributed by atoms with Crippen LogP contribution in [0.15, 0.2) is 97.2 Å². The van der Waals surface area contributed by atoms with E-state index in [9.17, 15) is 14.0 Å². The van der Waals surface area contributed by atoms with Crippen molar-refractivity contribution in [3.8, 4) is 11.1 Å². The number of carboxylic acid groups (broad SMARTS) is 1. The van der Waals surface area contributed by atoms with Gasteiger partial charge in [0, 0.05) is 34.8 Å². The van der Waals surface area contributed by atoms with Crippen LogP contribution in [0, 0.1) is 5.82 Å². The van der Waals surface area contributed by atoms with Gasteiger partial charge in [-0.25, -0.2) is 9.18 Å². The van der Waals surface area contributed by atoms with Gasteiger partial charge < -0.3 is 10.0 Å². The summed E-state index contributed by atoms with van der Waals surface area (Å²) in [5.41, 5.74) is 4.56. The third-order valence-corrected chi connectivity index (χ3v) is 6.71. The summed E-state index contributed by atoms with van der Waals surface area (Å²) < 4.78 is 16.4. The van der Waals surface area contributed by atoms with Crippen LogP contribution in [0.4, 0.5) is 10.1 Å². The van der Waals surface area contributed by atoms with Gasteiger partial charge in [-0.3, -0.25) is 9.48 Å². The number of fused-ring (bicyclic) bond motifs is 1. The molecule has 0 spiro atoms. The number of carboxylic acids is 1. The van der Waals surface area contributed by atoms with Gasteiger partial charge in [0.15, 0.2) is 0 Å². The van der Waals surface area contributed by atoms with Gasteiger partial charge in [-0.15, -0.1) is 0 Å². The third kappa shape index (κ3) is 5.73. The summed E-state index contributed by atoms with van der Waals surface area (Å²) in [5.74, 6) is -2.11. The number of amides is 1.